The van der Waals surface area contributed by atoms with Gasteiger partial charge in [-0.3, -0.25) is 0 Å². The van der Waals surface area contributed by atoms with Gasteiger partial charge in [0.15, 0.2) is 0 Å². The second-order valence-corrected chi connectivity index (χ2v) is 4.94. The Bertz CT molecular complexity index is 278. The molecule has 0 N–H and O–H groups in total. The summed E-state index contributed by atoms with van der Waals surface area (Å²) in [4.78, 5) is 21.2. The van der Waals surface area contributed by atoms with Crippen molar-refractivity contribution in [1.29, 1.82) is 0 Å². The van der Waals surface area contributed by atoms with Crippen LogP contribution in [0, 0.1) is 10.8 Å². The van der Waals surface area contributed by atoms with Crippen LogP contribution in [0.1, 0.15) is 27.7 Å². The van der Waals surface area contributed by atoms with Gasteiger partial charge in [0.05, 0.1) is 13.1 Å². The fourth-order valence-electron chi connectivity index (χ4n) is 0.583. The molecule has 0 aromatic heterocycles. The van der Waals surface area contributed by atoms with Crippen LogP contribution >= 0.6 is 0 Å². The highest BCUT2D eigenvalue weighted by Gasteiger charge is 2.20. The summed E-state index contributed by atoms with van der Waals surface area (Å²) in [6.07, 6.45) is 0. The Hall–Kier alpha value is -1.46. The van der Waals surface area contributed by atoms with Crippen molar-refractivity contribution in [1.82, 2.24) is 0 Å². The van der Waals surface area contributed by atoms with Crippen LogP contribution in [0.4, 0.5) is 0 Å². The van der Waals surface area contributed by atoms with E-state index in [-0.39, 0.29) is 13.1 Å². The number of azo groups is 1. The Morgan fingerprint density at radius 2 is 1.12 bits per heavy atom. The first-order valence-electron chi connectivity index (χ1n) is 4.86. The molecule has 92 valence electrons. The summed E-state index contributed by atoms with van der Waals surface area (Å²) in [5.41, 5.74) is -2.20. The van der Waals surface area contributed by atoms with Crippen molar-refractivity contribution in [2.45, 2.75) is 27.7 Å². The lowest BCUT2D eigenvalue weighted by Crippen LogP contribution is -2.40. The van der Waals surface area contributed by atoms with Gasteiger partial charge in [-0.2, -0.15) is 10.2 Å². The van der Waals surface area contributed by atoms with E-state index < -0.39 is 22.8 Å². The lowest BCUT2D eigenvalue weighted by molar-refractivity contribution is -0.318. The predicted molar refractivity (Wildman–Crippen MR) is 52.2 cm³/mol. The molecule has 0 aromatic rings. The van der Waals surface area contributed by atoms with Gasteiger partial charge in [-0.25, -0.2) is 0 Å². The van der Waals surface area contributed by atoms with Gasteiger partial charge in [-0.1, -0.05) is 27.7 Å². The van der Waals surface area contributed by atoms with Crippen molar-refractivity contribution < 1.29 is 19.8 Å². The van der Waals surface area contributed by atoms with Gasteiger partial charge in [0.1, 0.15) is 0 Å². The number of carboxylic acid groups (broad SMARTS) is 2. The molecule has 0 fully saturated rings. The SMILES string of the molecule is CC(C)(CN=NCC(C)(C)C(=O)[O-])C(=O)[O-]. The zero-order valence-electron chi connectivity index (χ0n) is 9.94. The standard InChI is InChI=1S/C10H18N2O4/c1-9(2,7(13)14)5-11-12-6-10(3,4)8(15)16/h5-6H2,1-4H3,(H,13,14)(H,15,16)/p-2. The van der Waals surface area contributed by atoms with Gasteiger partial charge in [0.25, 0.3) is 0 Å². The highest BCUT2D eigenvalue weighted by molar-refractivity contribution is 5.72. The quantitative estimate of drug-likeness (QED) is 0.543. The fourth-order valence-corrected chi connectivity index (χ4v) is 0.583. The van der Waals surface area contributed by atoms with E-state index in [1.165, 1.54) is 27.7 Å². The molecule has 6 heteroatoms. The molecule has 0 unspecified atom stereocenters. The smallest absolute Gasteiger partial charge is 0.0702 e. The molecular weight excluding hydrogens is 212 g/mol. The molecule has 0 amide bonds. The molecule has 0 aliphatic rings. The molecule has 0 atom stereocenters. The number of carbonyl (C=O) groups is 2. The first-order valence-corrected chi connectivity index (χ1v) is 4.86. The van der Waals surface area contributed by atoms with E-state index in [0.717, 1.165) is 0 Å². The second kappa shape index (κ2) is 5.05. The van der Waals surface area contributed by atoms with E-state index in [1.807, 2.05) is 0 Å². The van der Waals surface area contributed by atoms with Crippen LogP contribution < -0.4 is 10.2 Å². The Kier molecular flexibility index (Phi) is 4.59. The Balaban J connectivity index is 4.25. The third kappa shape index (κ3) is 4.37. The van der Waals surface area contributed by atoms with E-state index in [1.54, 1.807) is 0 Å². The fraction of sp³-hybridized carbons (Fsp3) is 0.800. The molecule has 6 nitrogen and oxygen atoms in total. The van der Waals surface area contributed by atoms with Gasteiger partial charge in [0, 0.05) is 22.8 Å². The number of aliphatic carboxylic acids is 2. The molecule has 0 radical (unpaired) electrons. The molecular formula is C10H16N2O4-2. The van der Waals surface area contributed by atoms with E-state index in [9.17, 15) is 19.8 Å². The largest absolute Gasteiger partial charge is 0.550 e. The molecule has 0 saturated heterocycles. The lowest BCUT2D eigenvalue weighted by atomic mass is 9.94. The van der Waals surface area contributed by atoms with E-state index in [0.29, 0.717) is 0 Å². The van der Waals surface area contributed by atoms with Crippen molar-refractivity contribution >= 4 is 11.9 Å². The average molecular weight is 228 g/mol. The van der Waals surface area contributed by atoms with Gasteiger partial charge in [-0.05, 0) is 0 Å². The molecule has 16 heavy (non-hydrogen) atoms. The van der Waals surface area contributed by atoms with Crippen molar-refractivity contribution in [2.75, 3.05) is 13.1 Å². The maximum Gasteiger partial charge on any atom is 0.0702 e. The average Bonchev–Trinajstić information content (AvgIpc) is 2.12. The molecule has 0 aliphatic carbocycles. The topological polar surface area (TPSA) is 105 Å². The molecule has 0 heterocycles. The van der Waals surface area contributed by atoms with E-state index in [4.69, 9.17) is 0 Å². The molecule has 0 rings (SSSR count). The Morgan fingerprint density at radius 1 is 0.875 bits per heavy atom. The van der Waals surface area contributed by atoms with Gasteiger partial charge < -0.3 is 19.8 Å². The Labute approximate surface area is 94.4 Å². The number of nitrogens with zero attached hydrogens (tertiary/aromatic N) is 2. The summed E-state index contributed by atoms with van der Waals surface area (Å²) in [6, 6.07) is 0. The first kappa shape index (κ1) is 14.5. The van der Waals surface area contributed by atoms with Crippen molar-refractivity contribution in [3.63, 3.8) is 0 Å². The van der Waals surface area contributed by atoms with Crippen molar-refractivity contribution in [3.05, 3.63) is 0 Å². The highest BCUT2D eigenvalue weighted by atomic mass is 16.4. The minimum atomic E-state index is -1.22. The predicted octanol–water partition coefficient (Wildman–Crippen LogP) is -1.01. The maximum atomic E-state index is 10.6. The van der Waals surface area contributed by atoms with Crippen LogP contribution in [0.15, 0.2) is 10.2 Å². The third-order valence-electron chi connectivity index (χ3n) is 2.14. The van der Waals surface area contributed by atoms with E-state index >= 15 is 0 Å². The van der Waals surface area contributed by atoms with Gasteiger partial charge in [0.2, 0.25) is 0 Å². The summed E-state index contributed by atoms with van der Waals surface area (Å²) < 4.78 is 0. The number of hydrogen-bond acceptors (Lipinski definition) is 6. The maximum absolute atomic E-state index is 10.6. The van der Waals surface area contributed by atoms with Crippen LogP contribution in [0.25, 0.3) is 0 Å². The minimum absolute atomic E-state index is 0.0432. The molecule has 0 bridgehead atoms. The first-order chi connectivity index (χ1) is 7.09. The van der Waals surface area contributed by atoms with Crippen molar-refractivity contribution in [3.8, 4) is 0 Å². The number of carboxylic acids is 2. The van der Waals surface area contributed by atoms with E-state index in [2.05, 4.69) is 10.2 Å². The summed E-state index contributed by atoms with van der Waals surface area (Å²) in [5.74, 6) is -2.43. The minimum Gasteiger partial charge on any atom is -0.550 e. The van der Waals surface area contributed by atoms with Crippen LogP contribution in [0.5, 0.6) is 0 Å². The molecule has 0 saturated carbocycles. The summed E-state index contributed by atoms with van der Waals surface area (Å²) in [5, 5.41) is 28.5. The highest BCUT2D eigenvalue weighted by Crippen LogP contribution is 2.16. The normalized spacial score (nSPS) is 13.0. The number of hydrogen-bond donors (Lipinski definition) is 0. The summed E-state index contributed by atoms with van der Waals surface area (Å²) >= 11 is 0. The lowest BCUT2D eigenvalue weighted by Gasteiger charge is -2.24. The molecule has 0 aliphatic heterocycles. The van der Waals surface area contributed by atoms with Crippen LogP contribution in [0.3, 0.4) is 0 Å². The van der Waals surface area contributed by atoms with Crippen LogP contribution in [-0.2, 0) is 9.59 Å². The van der Waals surface area contributed by atoms with Crippen LogP contribution in [-0.4, -0.2) is 25.0 Å². The Morgan fingerprint density at radius 3 is 1.31 bits per heavy atom. The number of carbonyl (C=O) groups excluding carboxylic acids is 2. The zero-order valence-corrected chi connectivity index (χ0v) is 9.94. The third-order valence-corrected chi connectivity index (χ3v) is 2.14. The monoisotopic (exact) mass is 228 g/mol. The summed E-state index contributed by atoms with van der Waals surface area (Å²) in [6.45, 7) is 5.77. The zero-order chi connectivity index (χ0) is 13.0. The molecule has 0 aromatic carbocycles. The van der Waals surface area contributed by atoms with Gasteiger partial charge >= 0.3 is 0 Å². The van der Waals surface area contributed by atoms with Crippen LogP contribution in [0.2, 0.25) is 0 Å². The van der Waals surface area contributed by atoms with Gasteiger partial charge in [-0.15, -0.1) is 0 Å². The second-order valence-electron chi connectivity index (χ2n) is 4.94. The molecule has 0 spiro atoms. The van der Waals surface area contributed by atoms with Crippen molar-refractivity contribution in [2.24, 2.45) is 21.1 Å². The summed E-state index contributed by atoms with van der Waals surface area (Å²) in [7, 11) is 0. The number of rotatable bonds is 6.